The minimum absolute atomic E-state index is 0.263. The zero-order valence-corrected chi connectivity index (χ0v) is 21.2. The van der Waals surface area contributed by atoms with Gasteiger partial charge in [-0.2, -0.15) is 0 Å². The van der Waals surface area contributed by atoms with Gasteiger partial charge in [0, 0.05) is 21.5 Å². The fourth-order valence-electron chi connectivity index (χ4n) is 4.68. The lowest BCUT2D eigenvalue weighted by molar-refractivity contribution is 0.478. The maximum absolute atomic E-state index is 11.1. The van der Waals surface area contributed by atoms with Crippen LogP contribution in [-0.2, 0) is 12.8 Å². The number of phenolic OH excluding ortho intramolecular Hbond substituents is 2. The highest BCUT2D eigenvalue weighted by Gasteiger charge is 2.14. The van der Waals surface area contributed by atoms with E-state index in [1.807, 2.05) is 12.1 Å². The minimum atomic E-state index is 0.263. The fourth-order valence-corrected chi connectivity index (χ4v) is 4.68. The van der Waals surface area contributed by atoms with E-state index in [9.17, 15) is 10.2 Å². The molecule has 0 heterocycles. The zero-order chi connectivity index (χ0) is 24.0. The van der Waals surface area contributed by atoms with Crippen molar-refractivity contribution in [1.82, 2.24) is 0 Å². The summed E-state index contributed by atoms with van der Waals surface area (Å²) in [6.45, 7) is 11.3. The number of rotatable bonds is 11. The summed E-state index contributed by atoms with van der Waals surface area (Å²) < 4.78 is 0. The lowest BCUT2D eigenvalue weighted by Gasteiger charge is -2.13. The number of fused-ring (bicyclic) bond motifs is 2. The van der Waals surface area contributed by atoms with Gasteiger partial charge >= 0.3 is 0 Å². The molecule has 0 spiro atoms. The van der Waals surface area contributed by atoms with Crippen LogP contribution in [0.3, 0.4) is 0 Å². The van der Waals surface area contributed by atoms with Crippen LogP contribution in [0, 0.1) is 11.8 Å². The van der Waals surface area contributed by atoms with E-state index in [2.05, 4.69) is 65.0 Å². The highest BCUT2D eigenvalue weighted by Crippen LogP contribution is 2.42. The third kappa shape index (κ3) is 6.76. The summed E-state index contributed by atoms with van der Waals surface area (Å²) in [5, 5.41) is 25.0. The van der Waals surface area contributed by atoms with Gasteiger partial charge in [-0.25, -0.2) is 0 Å². The summed E-state index contributed by atoms with van der Waals surface area (Å²) in [7, 11) is 0. The van der Waals surface area contributed by atoms with Crippen molar-refractivity contribution in [2.24, 2.45) is 11.8 Å². The number of benzene rings is 3. The number of allylic oxidation sites excluding steroid dienone is 2. The zero-order valence-electron chi connectivity index (χ0n) is 21.2. The Morgan fingerprint density at radius 2 is 1.24 bits per heavy atom. The number of aryl methyl sites for hydroxylation is 2. The van der Waals surface area contributed by atoms with E-state index in [-0.39, 0.29) is 11.5 Å². The molecule has 0 atom stereocenters. The highest BCUT2D eigenvalue weighted by molar-refractivity contribution is 6.10. The molecule has 178 valence electrons. The van der Waals surface area contributed by atoms with Crippen molar-refractivity contribution in [3.05, 3.63) is 59.2 Å². The van der Waals surface area contributed by atoms with Crippen molar-refractivity contribution in [2.45, 2.75) is 86.0 Å². The minimum Gasteiger partial charge on any atom is -0.507 e. The topological polar surface area (TPSA) is 40.5 Å². The summed E-state index contributed by atoms with van der Waals surface area (Å²) in [5.41, 5.74) is 3.87. The second-order valence-electron chi connectivity index (χ2n) is 10.6. The van der Waals surface area contributed by atoms with Crippen LogP contribution in [0.5, 0.6) is 11.5 Å². The quantitative estimate of drug-likeness (QED) is 0.175. The van der Waals surface area contributed by atoms with Crippen LogP contribution in [0.4, 0.5) is 0 Å². The molecule has 33 heavy (non-hydrogen) atoms. The van der Waals surface area contributed by atoms with Gasteiger partial charge in [-0.05, 0) is 80.5 Å². The van der Waals surface area contributed by atoms with Gasteiger partial charge < -0.3 is 10.2 Å². The summed E-state index contributed by atoms with van der Waals surface area (Å²) in [6, 6.07) is 12.2. The molecule has 2 heteroatoms. The van der Waals surface area contributed by atoms with Crippen LogP contribution in [0.1, 0.15) is 84.3 Å². The maximum Gasteiger partial charge on any atom is 0.131 e. The monoisotopic (exact) mass is 446 g/mol. The Labute approximate surface area is 200 Å². The second-order valence-corrected chi connectivity index (χ2v) is 10.6. The van der Waals surface area contributed by atoms with Crippen LogP contribution in [0.2, 0.25) is 0 Å². The normalized spacial score (nSPS) is 12.5. The SMILES string of the molecule is C/C(=C\CCc1ccc2c(O)c3ccc(CCCC(C)C)cc3c(O)c2c1)CCCC(C)C. The van der Waals surface area contributed by atoms with Gasteiger partial charge in [-0.15, -0.1) is 0 Å². The van der Waals surface area contributed by atoms with Crippen molar-refractivity contribution in [3.8, 4) is 11.5 Å². The average molecular weight is 447 g/mol. The Morgan fingerprint density at radius 1 is 0.727 bits per heavy atom. The first-order valence-electron chi connectivity index (χ1n) is 12.8. The molecular formula is C31H42O2. The lowest BCUT2D eigenvalue weighted by Crippen LogP contribution is -1.92. The summed E-state index contributed by atoms with van der Waals surface area (Å²) >= 11 is 0. The Balaban J connectivity index is 1.79. The molecule has 0 radical (unpaired) electrons. The van der Waals surface area contributed by atoms with E-state index in [4.69, 9.17) is 0 Å². The fraction of sp³-hybridized carbons (Fsp3) is 0.484. The Hall–Kier alpha value is -2.48. The molecule has 0 unspecified atom stereocenters. The van der Waals surface area contributed by atoms with Crippen LogP contribution in [0.15, 0.2) is 48.0 Å². The maximum atomic E-state index is 11.1. The van der Waals surface area contributed by atoms with Crippen molar-refractivity contribution in [2.75, 3.05) is 0 Å². The average Bonchev–Trinajstić information content (AvgIpc) is 2.77. The smallest absolute Gasteiger partial charge is 0.131 e. The molecule has 0 aliphatic heterocycles. The third-order valence-corrected chi connectivity index (χ3v) is 6.71. The van der Waals surface area contributed by atoms with E-state index < -0.39 is 0 Å². The van der Waals surface area contributed by atoms with Gasteiger partial charge in [-0.1, -0.05) is 76.5 Å². The molecule has 0 saturated carbocycles. The van der Waals surface area contributed by atoms with E-state index in [1.54, 1.807) is 0 Å². The van der Waals surface area contributed by atoms with E-state index >= 15 is 0 Å². The molecule has 0 bridgehead atoms. The van der Waals surface area contributed by atoms with Gasteiger partial charge in [0.1, 0.15) is 11.5 Å². The van der Waals surface area contributed by atoms with Gasteiger partial charge in [0.2, 0.25) is 0 Å². The standard InChI is InChI=1S/C31H42O2/c1-21(2)9-6-11-23(5)12-8-14-25-16-18-27-29(20-25)31(33)28-19-24(13-7-10-22(3)4)15-17-26(28)30(27)32/h12,15-22,32-33H,6-11,13-14H2,1-5H3/b23-12+. The molecule has 3 aromatic rings. The molecule has 2 nitrogen and oxygen atoms in total. The van der Waals surface area contributed by atoms with E-state index in [0.717, 1.165) is 53.1 Å². The molecule has 0 aromatic heterocycles. The molecule has 0 fully saturated rings. The first-order valence-corrected chi connectivity index (χ1v) is 12.8. The van der Waals surface area contributed by atoms with Crippen molar-refractivity contribution in [1.29, 1.82) is 0 Å². The summed E-state index contributed by atoms with van der Waals surface area (Å²) in [5.74, 6) is 2.01. The molecule has 3 rings (SSSR count). The van der Waals surface area contributed by atoms with Crippen LogP contribution >= 0.6 is 0 Å². The number of hydrogen-bond acceptors (Lipinski definition) is 2. The van der Waals surface area contributed by atoms with Crippen LogP contribution in [0.25, 0.3) is 21.5 Å². The van der Waals surface area contributed by atoms with E-state index in [0.29, 0.717) is 5.92 Å². The van der Waals surface area contributed by atoms with E-state index in [1.165, 1.54) is 42.4 Å². The third-order valence-electron chi connectivity index (χ3n) is 6.71. The molecule has 0 saturated heterocycles. The molecule has 0 aliphatic carbocycles. The van der Waals surface area contributed by atoms with Gasteiger partial charge in [-0.3, -0.25) is 0 Å². The largest absolute Gasteiger partial charge is 0.507 e. The van der Waals surface area contributed by atoms with Gasteiger partial charge in [0.05, 0.1) is 0 Å². The number of hydrogen-bond donors (Lipinski definition) is 2. The van der Waals surface area contributed by atoms with Crippen molar-refractivity contribution in [3.63, 3.8) is 0 Å². The van der Waals surface area contributed by atoms with Crippen molar-refractivity contribution >= 4 is 21.5 Å². The second kappa shape index (κ2) is 11.6. The molecule has 2 N–H and O–H groups in total. The Morgan fingerprint density at radius 3 is 1.82 bits per heavy atom. The van der Waals surface area contributed by atoms with Gasteiger partial charge in [0.15, 0.2) is 0 Å². The predicted molar refractivity (Wildman–Crippen MR) is 143 cm³/mol. The van der Waals surface area contributed by atoms with Crippen molar-refractivity contribution < 1.29 is 10.2 Å². The Kier molecular flexibility index (Phi) is 8.83. The van der Waals surface area contributed by atoms with Crippen LogP contribution in [-0.4, -0.2) is 10.2 Å². The molecule has 3 aromatic carbocycles. The summed E-state index contributed by atoms with van der Waals surface area (Å²) in [4.78, 5) is 0. The van der Waals surface area contributed by atoms with Crippen LogP contribution < -0.4 is 0 Å². The molecule has 0 aliphatic rings. The Bertz CT molecular complexity index is 1110. The lowest BCUT2D eigenvalue weighted by atomic mass is 9.95. The summed E-state index contributed by atoms with van der Waals surface area (Å²) in [6.07, 6.45) is 11.3. The first-order chi connectivity index (χ1) is 15.8. The molecule has 0 amide bonds. The number of phenols is 2. The predicted octanol–water partition coefficient (Wildman–Crippen LogP) is 9.09. The first kappa shape index (κ1) is 25.1. The highest BCUT2D eigenvalue weighted by atomic mass is 16.3. The van der Waals surface area contributed by atoms with Gasteiger partial charge in [0.25, 0.3) is 0 Å². The number of aromatic hydroxyl groups is 2. The molecular weight excluding hydrogens is 404 g/mol.